The van der Waals surface area contributed by atoms with Gasteiger partial charge in [0.1, 0.15) is 11.5 Å². The highest BCUT2D eigenvalue weighted by Gasteiger charge is 2.13. The van der Waals surface area contributed by atoms with Crippen LogP contribution in [0.2, 0.25) is 0 Å². The quantitative estimate of drug-likeness (QED) is 0.787. The van der Waals surface area contributed by atoms with E-state index < -0.39 is 0 Å². The molecule has 0 saturated carbocycles. The summed E-state index contributed by atoms with van der Waals surface area (Å²) in [6.45, 7) is 6.19. The summed E-state index contributed by atoms with van der Waals surface area (Å²) in [5.41, 5.74) is 3.57. The van der Waals surface area contributed by atoms with Gasteiger partial charge in [-0.25, -0.2) is 0 Å². The van der Waals surface area contributed by atoms with Gasteiger partial charge in [-0.05, 0) is 38.1 Å². The van der Waals surface area contributed by atoms with Crippen LogP contribution in [0.4, 0.5) is 0 Å². The lowest BCUT2D eigenvalue weighted by atomic mass is 10.1. The average molecular weight is 262 g/mol. The maximum atomic E-state index is 5.44. The highest BCUT2D eigenvalue weighted by molar-refractivity contribution is 5.91. The predicted molar refractivity (Wildman–Crippen MR) is 78.4 cm³/mol. The number of fused-ring (bicyclic) bond motifs is 1. The highest BCUT2D eigenvalue weighted by Crippen LogP contribution is 2.34. The first-order chi connectivity index (χ1) is 9.21. The smallest absolute Gasteiger partial charge is 0.146 e. The number of benzene rings is 1. The maximum Gasteiger partial charge on any atom is 0.146 e. The number of hydrogen-bond acceptors (Lipinski definition) is 3. The zero-order chi connectivity index (χ0) is 13.8. The number of H-pyrrole nitrogens is 1. The molecule has 0 aliphatic heterocycles. The van der Waals surface area contributed by atoms with Crippen molar-refractivity contribution >= 4 is 10.9 Å². The van der Waals surface area contributed by atoms with Crippen molar-refractivity contribution in [2.75, 3.05) is 27.3 Å². The van der Waals surface area contributed by atoms with E-state index in [0.29, 0.717) is 0 Å². The Balaban J connectivity index is 2.47. The molecule has 4 heteroatoms. The molecule has 0 atom stereocenters. The molecule has 0 amide bonds. The van der Waals surface area contributed by atoms with Crippen LogP contribution in [0.25, 0.3) is 10.9 Å². The molecular formula is C15H22N2O2. The average Bonchev–Trinajstić information content (AvgIpc) is 2.74. The molecule has 0 bridgehead atoms. The number of likely N-dealkylation sites (N-methyl/N-ethyl adjacent to an activating group) is 1. The molecule has 2 rings (SSSR count). The summed E-state index contributed by atoms with van der Waals surface area (Å²) >= 11 is 0. The van der Waals surface area contributed by atoms with Crippen LogP contribution in [0.1, 0.15) is 18.2 Å². The minimum atomic E-state index is 0.826. The number of hydrogen-bond donors (Lipinski definition) is 2. The third-order valence-electron chi connectivity index (χ3n) is 3.42. The third-order valence-corrected chi connectivity index (χ3v) is 3.42. The molecule has 19 heavy (non-hydrogen) atoms. The fourth-order valence-corrected chi connectivity index (χ4v) is 2.41. The van der Waals surface area contributed by atoms with Crippen molar-refractivity contribution in [1.29, 1.82) is 0 Å². The molecule has 0 fully saturated rings. The van der Waals surface area contributed by atoms with Crippen LogP contribution < -0.4 is 14.8 Å². The second-order valence-corrected chi connectivity index (χ2v) is 4.58. The van der Waals surface area contributed by atoms with Crippen LogP contribution in [0, 0.1) is 6.92 Å². The molecule has 0 spiro atoms. The van der Waals surface area contributed by atoms with Crippen molar-refractivity contribution in [3.05, 3.63) is 23.4 Å². The van der Waals surface area contributed by atoms with Crippen molar-refractivity contribution in [2.24, 2.45) is 0 Å². The van der Waals surface area contributed by atoms with Gasteiger partial charge in [0.2, 0.25) is 0 Å². The summed E-state index contributed by atoms with van der Waals surface area (Å²) in [6, 6.07) is 3.98. The molecule has 2 aromatic rings. The van der Waals surface area contributed by atoms with Crippen LogP contribution in [0.15, 0.2) is 12.1 Å². The number of nitrogens with one attached hydrogen (secondary N) is 2. The Bertz CT molecular complexity index is 561. The molecule has 2 N–H and O–H groups in total. The molecule has 4 nitrogen and oxygen atoms in total. The molecule has 0 unspecified atom stereocenters. The summed E-state index contributed by atoms with van der Waals surface area (Å²) < 4.78 is 10.8. The van der Waals surface area contributed by atoms with Gasteiger partial charge < -0.3 is 19.8 Å². The SMILES string of the molecule is CCNCCc1c(C)[nH]c2c(OC)cc(OC)cc12. The van der Waals surface area contributed by atoms with Crippen LogP contribution in [-0.4, -0.2) is 32.3 Å². The van der Waals surface area contributed by atoms with Crippen LogP contribution >= 0.6 is 0 Å². The van der Waals surface area contributed by atoms with Gasteiger partial charge in [0.25, 0.3) is 0 Å². The van der Waals surface area contributed by atoms with Gasteiger partial charge in [0.15, 0.2) is 0 Å². The molecule has 104 valence electrons. The van der Waals surface area contributed by atoms with E-state index in [4.69, 9.17) is 9.47 Å². The van der Waals surface area contributed by atoms with E-state index in [-0.39, 0.29) is 0 Å². The molecule has 0 aliphatic rings. The fraction of sp³-hybridized carbons (Fsp3) is 0.467. The summed E-state index contributed by atoms with van der Waals surface area (Å²) in [4.78, 5) is 3.42. The largest absolute Gasteiger partial charge is 0.497 e. The molecule has 1 heterocycles. The van der Waals surface area contributed by atoms with Gasteiger partial charge in [-0.1, -0.05) is 6.92 Å². The van der Waals surface area contributed by atoms with Crippen molar-refractivity contribution in [2.45, 2.75) is 20.3 Å². The molecule has 0 radical (unpaired) electrons. The highest BCUT2D eigenvalue weighted by atomic mass is 16.5. The standard InChI is InChI=1S/C15H22N2O2/c1-5-16-7-6-12-10(2)17-15-13(12)8-11(18-3)9-14(15)19-4/h8-9,16-17H,5-7H2,1-4H3. The number of aryl methyl sites for hydroxylation is 1. The van der Waals surface area contributed by atoms with Crippen molar-refractivity contribution < 1.29 is 9.47 Å². The number of rotatable bonds is 6. The number of aromatic nitrogens is 1. The monoisotopic (exact) mass is 262 g/mol. The van der Waals surface area contributed by atoms with Gasteiger partial charge in [0, 0.05) is 17.1 Å². The van der Waals surface area contributed by atoms with Gasteiger partial charge in [-0.2, -0.15) is 0 Å². The summed E-state index contributed by atoms with van der Waals surface area (Å²) in [6.07, 6.45) is 0.996. The Labute approximate surface area is 114 Å². The minimum Gasteiger partial charge on any atom is -0.497 e. The van der Waals surface area contributed by atoms with Crippen LogP contribution in [0.3, 0.4) is 0 Å². The lowest BCUT2D eigenvalue weighted by molar-refractivity contribution is 0.397. The minimum absolute atomic E-state index is 0.826. The van der Waals surface area contributed by atoms with E-state index in [1.54, 1.807) is 14.2 Å². The number of ether oxygens (including phenoxy) is 2. The van der Waals surface area contributed by atoms with E-state index in [2.05, 4.69) is 30.2 Å². The molecule has 1 aromatic carbocycles. The second kappa shape index (κ2) is 5.97. The van der Waals surface area contributed by atoms with Gasteiger partial charge in [-0.3, -0.25) is 0 Å². The predicted octanol–water partition coefficient (Wildman–Crippen LogP) is 2.65. The van der Waals surface area contributed by atoms with Gasteiger partial charge in [-0.15, -0.1) is 0 Å². The lowest BCUT2D eigenvalue weighted by Crippen LogP contribution is -2.16. The Hall–Kier alpha value is -1.68. The summed E-state index contributed by atoms with van der Waals surface area (Å²) in [7, 11) is 3.36. The van der Waals surface area contributed by atoms with Crippen molar-refractivity contribution in [3.8, 4) is 11.5 Å². The second-order valence-electron chi connectivity index (χ2n) is 4.58. The van der Waals surface area contributed by atoms with Gasteiger partial charge in [0.05, 0.1) is 19.7 Å². The third kappa shape index (κ3) is 2.68. The van der Waals surface area contributed by atoms with Crippen LogP contribution in [-0.2, 0) is 6.42 Å². The Morgan fingerprint density at radius 1 is 1.21 bits per heavy atom. The van der Waals surface area contributed by atoms with E-state index in [9.17, 15) is 0 Å². The zero-order valence-corrected chi connectivity index (χ0v) is 12.1. The summed E-state index contributed by atoms with van der Waals surface area (Å²) in [5.74, 6) is 1.65. The lowest BCUT2D eigenvalue weighted by Gasteiger charge is -2.07. The number of methoxy groups -OCH3 is 2. The maximum absolute atomic E-state index is 5.44. The Morgan fingerprint density at radius 3 is 2.63 bits per heavy atom. The van der Waals surface area contributed by atoms with E-state index in [0.717, 1.165) is 36.5 Å². The summed E-state index contributed by atoms with van der Waals surface area (Å²) in [5, 5.41) is 4.55. The molecule has 0 saturated heterocycles. The van der Waals surface area contributed by atoms with Crippen molar-refractivity contribution in [1.82, 2.24) is 10.3 Å². The molecular weight excluding hydrogens is 240 g/mol. The first-order valence-electron chi connectivity index (χ1n) is 6.65. The van der Waals surface area contributed by atoms with E-state index >= 15 is 0 Å². The van der Waals surface area contributed by atoms with E-state index in [1.165, 1.54) is 16.6 Å². The van der Waals surface area contributed by atoms with E-state index in [1.807, 2.05) is 6.07 Å². The molecule has 1 aromatic heterocycles. The molecule has 0 aliphatic carbocycles. The first kappa shape index (κ1) is 13.7. The fourth-order valence-electron chi connectivity index (χ4n) is 2.41. The van der Waals surface area contributed by atoms with Crippen LogP contribution in [0.5, 0.6) is 11.5 Å². The number of aromatic amines is 1. The Morgan fingerprint density at radius 2 is 2.00 bits per heavy atom. The normalized spacial score (nSPS) is 10.9. The zero-order valence-electron chi connectivity index (χ0n) is 12.1. The topological polar surface area (TPSA) is 46.3 Å². The first-order valence-corrected chi connectivity index (χ1v) is 6.65. The van der Waals surface area contributed by atoms with Gasteiger partial charge >= 0.3 is 0 Å². The van der Waals surface area contributed by atoms with Crippen molar-refractivity contribution in [3.63, 3.8) is 0 Å². The Kier molecular flexibility index (Phi) is 4.32.